The zero-order chi connectivity index (χ0) is 15.6. The van der Waals surface area contributed by atoms with Gasteiger partial charge < -0.3 is 4.57 Å². The highest BCUT2D eigenvalue weighted by molar-refractivity contribution is 7.71. The van der Waals surface area contributed by atoms with Crippen LogP contribution in [-0.4, -0.2) is 19.3 Å². The molecule has 0 aliphatic rings. The van der Waals surface area contributed by atoms with E-state index in [-0.39, 0.29) is 5.56 Å². The van der Waals surface area contributed by atoms with E-state index in [1.807, 2.05) is 23.6 Å². The van der Waals surface area contributed by atoms with E-state index in [2.05, 4.69) is 31.0 Å². The summed E-state index contributed by atoms with van der Waals surface area (Å²) in [7, 11) is 0. The molecule has 0 bridgehead atoms. The monoisotopic (exact) mass is 306 g/mol. The average Bonchev–Trinajstić information content (AvgIpc) is 2.76. The summed E-state index contributed by atoms with van der Waals surface area (Å²) in [5.74, 6) is 1.06. The van der Waals surface area contributed by atoms with Gasteiger partial charge in [-0.05, 0) is 43.6 Å². The first kappa shape index (κ1) is 15.7. The van der Waals surface area contributed by atoms with Gasteiger partial charge in [-0.25, -0.2) is 0 Å². The van der Waals surface area contributed by atoms with Gasteiger partial charge in [-0.1, -0.05) is 20.8 Å². The van der Waals surface area contributed by atoms with Gasteiger partial charge >= 0.3 is 0 Å². The van der Waals surface area contributed by atoms with Crippen LogP contribution < -0.4 is 5.56 Å². The van der Waals surface area contributed by atoms with Crippen LogP contribution in [0.3, 0.4) is 0 Å². The molecule has 0 amide bonds. The Morgan fingerprint density at radius 2 is 2.05 bits per heavy atom. The second-order valence-corrected chi connectivity index (χ2v) is 6.09. The number of H-pyrrole nitrogens is 1. The summed E-state index contributed by atoms with van der Waals surface area (Å²) < 4.78 is 4.26. The molecular formula is C15H22N4OS. The number of nitrogens with zero attached hydrogens (tertiary/aromatic N) is 3. The van der Waals surface area contributed by atoms with E-state index < -0.39 is 0 Å². The van der Waals surface area contributed by atoms with Crippen LogP contribution in [0.1, 0.15) is 32.9 Å². The van der Waals surface area contributed by atoms with E-state index >= 15 is 0 Å². The van der Waals surface area contributed by atoms with Gasteiger partial charge in [-0.15, -0.1) is 0 Å². The summed E-state index contributed by atoms with van der Waals surface area (Å²) in [5, 5.41) is 7.07. The molecular weight excluding hydrogens is 284 g/mol. The van der Waals surface area contributed by atoms with Crippen LogP contribution >= 0.6 is 12.2 Å². The average molecular weight is 306 g/mol. The number of aromatic amines is 1. The van der Waals surface area contributed by atoms with Crippen molar-refractivity contribution in [2.45, 2.75) is 47.2 Å². The summed E-state index contributed by atoms with van der Waals surface area (Å²) in [6, 6.07) is 3.80. The fourth-order valence-electron chi connectivity index (χ4n) is 2.40. The predicted molar refractivity (Wildman–Crippen MR) is 87.0 cm³/mol. The quantitative estimate of drug-likeness (QED) is 0.863. The minimum absolute atomic E-state index is 0.00384. The highest BCUT2D eigenvalue weighted by Crippen LogP contribution is 2.16. The maximum absolute atomic E-state index is 12.7. The molecule has 0 aliphatic heterocycles. The lowest BCUT2D eigenvalue weighted by atomic mass is 10.2. The lowest BCUT2D eigenvalue weighted by molar-refractivity contribution is 0.521. The lowest BCUT2D eigenvalue weighted by Crippen LogP contribution is -2.24. The second-order valence-electron chi connectivity index (χ2n) is 5.70. The van der Waals surface area contributed by atoms with Gasteiger partial charge in [0.05, 0.1) is 5.56 Å². The first-order valence-electron chi connectivity index (χ1n) is 7.31. The molecule has 2 rings (SSSR count). The first-order valence-corrected chi connectivity index (χ1v) is 7.72. The molecule has 0 atom stereocenters. The Hall–Kier alpha value is -1.69. The van der Waals surface area contributed by atoms with Gasteiger partial charge in [-0.2, -0.15) is 5.10 Å². The Bertz CT molecular complexity index is 739. The van der Waals surface area contributed by atoms with Gasteiger partial charge in [0.25, 0.3) is 5.56 Å². The maximum atomic E-state index is 12.7. The Balaban J connectivity index is 2.61. The molecule has 0 spiro atoms. The molecule has 2 aromatic rings. The normalized spacial score (nSPS) is 11.3. The summed E-state index contributed by atoms with van der Waals surface area (Å²) in [6.07, 6.45) is 0.920. The van der Waals surface area contributed by atoms with E-state index in [9.17, 15) is 4.79 Å². The summed E-state index contributed by atoms with van der Waals surface area (Å²) in [4.78, 5) is 12.7. The van der Waals surface area contributed by atoms with Crippen molar-refractivity contribution in [1.82, 2.24) is 19.3 Å². The Kier molecular flexibility index (Phi) is 4.77. The van der Waals surface area contributed by atoms with Crippen LogP contribution in [0.4, 0.5) is 0 Å². The van der Waals surface area contributed by atoms with Crippen molar-refractivity contribution in [3.8, 4) is 11.4 Å². The molecule has 0 unspecified atom stereocenters. The van der Waals surface area contributed by atoms with Crippen LogP contribution in [0, 0.1) is 17.6 Å². The topological polar surface area (TPSA) is 55.6 Å². The number of hydrogen-bond donors (Lipinski definition) is 1. The standard InChI is InChI=1S/C15H22N4OS/c1-5-8-18-11(4)6-7-12(14(18)20)13-16-17-15(21)19(13)9-10(2)3/h6-7,10H,5,8-9H2,1-4H3,(H,17,21). The maximum Gasteiger partial charge on any atom is 0.261 e. The van der Waals surface area contributed by atoms with E-state index in [1.165, 1.54) is 0 Å². The third-order valence-electron chi connectivity index (χ3n) is 3.39. The van der Waals surface area contributed by atoms with E-state index in [1.54, 1.807) is 4.57 Å². The van der Waals surface area contributed by atoms with Crippen molar-refractivity contribution in [1.29, 1.82) is 0 Å². The van der Waals surface area contributed by atoms with Crippen LogP contribution in [0.25, 0.3) is 11.4 Å². The second kappa shape index (κ2) is 6.39. The van der Waals surface area contributed by atoms with E-state index in [4.69, 9.17) is 12.2 Å². The molecule has 0 radical (unpaired) electrons. The minimum atomic E-state index is -0.00384. The molecule has 5 nitrogen and oxygen atoms in total. The molecule has 0 fully saturated rings. The van der Waals surface area contributed by atoms with Crippen molar-refractivity contribution in [3.63, 3.8) is 0 Å². The number of aryl methyl sites for hydroxylation is 1. The largest absolute Gasteiger partial charge is 0.312 e. The smallest absolute Gasteiger partial charge is 0.261 e. The number of aromatic nitrogens is 4. The molecule has 0 aliphatic carbocycles. The number of nitrogens with one attached hydrogen (secondary N) is 1. The predicted octanol–water partition coefficient (Wildman–Crippen LogP) is 3.14. The number of rotatable bonds is 5. The van der Waals surface area contributed by atoms with Crippen LogP contribution in [0.5, 0.6) is 0 Å². The third kappa shape index (κ3) is 3.15. The molecule has 0 aromatic carbocycles. The van der Waals surface area contributed by atoms with Crippen molar-refractivity contribution < 1.29 is 0 Å². The molecule has 21 heavy (non-hydrogen) atoms. The van der Waals surface area contributed by atoms with Gasteiger partial charge in [0.2, 0.25) is 0 Å². The van der Waals surface area contributed by atoms with Gasteiger partial charge in [0.15, 0.2) is 10.6 Å². The molecule has 1 N–H and O–H groups in total. The number of hydrogen-bond acceptors (Lipinski definition) is 3. The fourth-order valence-corrected chi connectivity index (χ4v) is 2.61. The fraction of sp³-hybridized carbons (Fsp3) is 0.533. The van der Waals surface area contributed by atoms with Crippen molar-refractivity contribution in [2.24, 2.45) is 5.92 Å². The minimum Gasteiger partial charge on any atom is -0.312 e. The molecule has 0 saturated heterocycles. The first-order chi connectivity index (χ1) is 9.95. The van der Waals surface area contributed by atoms with Gasteiger partial charge in [0, 0.05) is 18.8 Å². The van der Waals surface area contributed by atoms with Gasteiger partial charge in [0.1, 0.15) is 0 Å². The van der Waals surface area contributed by atoms with Gasteiger partial charge in [-0.3, -0.25) is 14.5 Å². The Morgan fingerprint density at radius 3 is 2.67 bits per heavy atom. The SMILES string of the molecule is CCCn1c(C)ccc(-c2n[nH]c(=S)n2CC(C)C)c1=O. The van der Waals surface area contributed by atoms with E-state index in [0.29, 0.717) is 28.6 Å². The van der Waals surface area contributed by atoms with Crippen molar-refractivity contribution >= 4 is 12.2 Å². The Labute approximate surface area is 129 Å². The van der Waals surface area contributed by atoms with Crippen LogP contribution in [0.2, 0.25) is 0 Å². The molecule has 6 heteroatoms. The highest BCUT2D eigenvalue weighted by Gasteiger charge is 2.15. The summed E-state index contributed by atoms with van der Waals surface area (Å²) in [6.45, 7) is 9.70. The molecule has 114 valence electrons. The summed E-state index contributed by atoms with van der Waals surface area (Å²) in [5.41, 5.74) is 1.56. The zero-order valence-electron chi connectivity index (χ0n) is 13.0. The zero-order valence-corrected chi connectivity index (χ0v) is 13.8. The van der Waals surface area contributed by atoms with Crippen molar-refractivity contribution in [2.75, 3.05) is 0 Å². The van der Waals surface area contributed by atoms with Crippen LogP contribution in [-0.2, 0) is 13.1 Å². The Morgan fingerprint density at radius 1 is 1.33 bits per heavy atom. The number of pyridine rings is 1. The molecule has 2 aromatic heterocycles. The molecule has 0 saturated carbocycles. The highest BCUT2D eigenvalue weighted by atomic mass is 32.1. The van der Waals surface area contributed by atoms with E-state index in [0.717, 1.165) is 18.7 Å². The van der Waals surface area contributed by atoms with Crippen LogP contribution in [0.15, 0.2) is 16.9 Å². The van der Waals surface area contributed by atoms with Crippen molar-refractivity contribution in [3.05, 3.63) is 33.0 Å². The molecule has 2 heterocycles. The third-order valence-corrected chi connectivity index (χ3v) is 3.70. The lowest BCUT2D eigenvalue weighted by Gasteiger charge is -2.12. The summed E-state index contributed by atoms with van der Waals surface area (Å²) >= 11 is 5.28.